The fourth-order valence-electron chi connectivity index (χ4n) is 3.94. The summed E-state index contributed by atoms with van der Waals surface area (Å²) in [5.41, 5.74) is 9.77. The summed E-state index contributed by atoms with van der Waals surface area (Å²) in [5.74, 6) is 0.394. The average Bonchev–Trinajstić information content (AvgIpc) is 3.33. The molecule has 0 radical (unpaired) electrons. The zero-order chi connectivity index (χ0) is 22.2. The van der Waals surface area contributed by atoms with Gasteiger partial charge in [-0.3, -0.25) is 14.7 Å². The van der Waals surface area contributed by atoms with E-state index in [1.165, 1.54) is 25.9 Å². The van der Waals surface area contributed by atoms with E-state index >= 15 is 0 Å². The Morgan fingerprint density at radius 2 is 1.78 bits per heavy atom. The molecule has 2 heterocycles. The van der Waals surface area contributed by atoms with Gasteiger partial charge in [0, 0.05) is 31.4 Å². The lowest BCUT2D eigenvalue weighted by Crippen LogP contribution is -2.25. The molecule has 3 aromatic rings. The van der Waals surface area contributed by atoms with Crippen LogP contribution in [-0.4, -0.2) is 42.0 Å². The molecular weight excluding hydrogens is 400 g/mol. The van der Waals surface area contributed by atoms with Gasteiger partial charge in [-0.15, -0.1) is 0 Å². The van der Waals surface area contributed by atoms with Crippen LogP contribution in [0.2, 0.25) is 0 Å². The Morgan fingerprint density at radius 3 is 2.50 bits per heavy atom. The van der Waals surface area contributed by atoms with Crippen LogP contribution in [-0.2, 0) is 13.0 Å². The average molecular weight is 431 g/mol. The monoisotopic (exact) mass is 430 g/mol. The van der Waals surface area contributed by atoms with E-state index < -0.39 is 5.91 Å². The number of hydrogen-bond donors (Lipinski definition) is 2. The first-order chi connectivity index (χ1) is 15.7. The zero-order valence-electron chi connectivity index (χ0n) is 18.3. The summed E-state index contributed by atoms with van der Waals surface area (Å²) in [6.07, 6.45) is 4.81. The maximum Gasteiger partial charge on any atom is 0.252 e. The molecule has 166 valence electrons. The van der Waals surface area contributed by atoms with Crippen LogP contribution in [0.1, 0.15) is 40.0 Å². The van der Waals surface area contributed by atoms with Crippen LogP contribution in [0.25, 0.3) is 0 Å². The summed E-state index contributed by atoms with van der Waals surface area (Å²) in [4.78, 5) is 18.7. The minimum Gasteiger partial charge on any atom is -0.492 e. The number of anilines is 1. The predicted molar refractivity (Wildman–Crippen MR) is 127 cm³/mol. The van der Waals surface area contributed by atoms with Crippen LogP contribution in [0.5, 0.6) is 5.75 Å². The molecule has 1 aliphatic heterocycles. The molecule has 0 unspecified atom stereocenters. The highest BCUT2D eigenvalue weighted by Gasteiger charge is 2.12. The van der Waals surface area contributed by atoms with Gasteiger partial charge in [-0.05, 0) is 55.3 Å². The Hall–Kier alpha value is -3.38. The molecule has 2 aromatic carbocycles. The number of likely N-dealkylation sites (tertiary alicyclic amines) is 1. The number of nitrogens with one attached hydrogen (secondary N) is 1. The first-order valence-corrected chi connectivity index (χ1v) is 11.2. The number of carbonyl (C=O) groups is 1. The molecule has 1 saturated heterocycles. The molecule has 0 atom stereocenters. The van der Waals surface area contributed by atoms with Crippen molar-refractivity contribution in [1.29, 1.82) is 0 Å². The highest BCUT2D eigenvalue weighted by Crippen LogP contribution is 2.20. The lowest BCUT2D eigenvalue weighted by atomic mass is 10.1. The Bertz CT molecular complexity index is 1020. The highest BCUT2D eigenvalue weighted by atomic mass is 16.5. The van der Waals surface area contributed by atoms with Gasteiger partial charge in [0.2, 0.25) is 0 Å². The number of primary amides is 1. The molecule has 1 aliphatic rings. The normalized spacial score (nSPS) is 13.8. The van der Waals surface area contributed by atoms with Crippen molar-refractivity contribution in [1.82, 2.24) is 9.88 Å². The Labute approximate surface area is 189 Å². The SMILES string of the molecule is NC(=O)c1cnc(Cc2ccc(OCCN3CCCC3)cc2)cc1NCc1ccccc1. The van der Waals surface area contributed by atoms with Crippen LogP contribution in [0.4, 0.5) is 5.69 Å². The maximum atomic E-state index is 11.8. The van der Waals surface area contributed by atoms with Gasteiger partial charge in [0.1, 0.15) is 12.4 Å². The number of nitrogens with zero attached hydrogens (tertiary/aromatic N) is 2. The molecule has 0 bridgehead atoms. The quantitative estimate of drug-likeness (QED) is 0.511. The minimum atomic E-state index is -0.491. The van der Waals surface area contributed by atoms with Crippen LogP contribution in [0.15, 0.2) is 66.9 Å². The molecule has 0 spiro atoms. The van der Waals surface area contributed by atoms with Crippen molar-refractivity contribution < 1.29 is 9.53 Å². The van der Waals surface area contributed by atoms with Crippen molar-refractivity contribution in [2.75, 3.05) is 31.6 Å². The first kappa shape index (κ1) is 21.8. The van der Waals surface area contributed by atoms with Gasteiger partial charge in [0.05, 0.1) is 11.3 Å². The highest BCUT2D eigenvalue weighted by molar-refractivity contribution is 5.98. The molecular formula is C26H30N4O2. The lowest BCUT2D eigenvalue weighted by Gasteiger charge is -2.15. The fraction of sp³-hybridized carbons (Fsp3) is 0.308. The molecule has 6 nitrogen and oxygen atoms in total. The van der Waals surface area contributed by atoms with E-state index in [9.17, 15) is 4.79 Å². The predicted octanol–water partition coefficient (Wildman–Crippen LogP) is 3.86. The third kappa shape index (κ3) is 6.08. The topological polar surface area (TPSA) is 80.5 Å². The van der Waals surface area contributed by atoms with E-state index in [4.69, 9.17) is 10.5 Å². The van der Waals surface area contributed by atoms with Crippen LogP contribution in [0, 0.1) is 0 Å². The van der Waals surface area contributed by atoms with E-state index in [0.717, 1.165) is 29.1 Å². The zero-order valence-corrected chi connectivity index (χ0v) is 18.3. The number of pyridine rings is 1. The molecule has 1 amide bonds. The number of hydrogen-bond acceptors (Lipinski definition) is 5. The lowest BCUT2D eigenvalue weighted by molar-refractivity contribution is 0.100. The minimum absolute atomic E-state index is 0.395. The van der Waals surface area contributed by atoms with E-state index in [1.54, 1.807) is 6.20 Å². The Morgan fingerprint density at radius 1 is 1.03 bits per heavy atom. The van der Waals surface area contributed by atoms with Crippen LogP contribution < -0.4 is 15.8 Å². The summed E-state index contributed by atoms with van der Waals surface area (Å²) in [6, 6.07) is 20.1. The third-order valence-corrected chi connectivity index (χ3v) is 5.74. The van der Waals surface area contributed by atoms with E-state index in [0.29, 0.717) is 30.8 Å². The second-order valence-corrected chi connectivity index (χ2v) is 8.14. The number of nitrogens with two attached hydrogens (primary N) is 1. The molecule has 1 aromatic heterocycles. The van der Waals surface area contributed by atoms with E-state index in [-0.39, 0.29) is 0 Å². The molecule has 4 rings (SSSR count). The van der Waals surface area contributed by atoms with Crippen LogP contribution in [0.3, 0.4) is 0 Å². The van der Waals surface area contributed by atoms with E-state index in [2.05, 4.69) is 27.3 Å². The molecule has 0 saturated carbocycles. The summed E-state index contributed by atoms with van der Waals surface area (Å²) in [6.45, 7) is 4.68. The smallest absolute Gasteiger partial charge is 0.252 e. The van der Waals surface area contributed by atoms with Crippen molar-refractivity contribution in [3.05, 3.63) is 89.2 Å². The number of amides is 1. The van der Waals surface area contributed by atoms with Crippen molar-refractivity contribution in [3.63, 3.8) is 0 Å². The van der Waals surface area contributed by atoms with Gasteiger partial charge in [0.25, 0.3) is 5.91 Å². The Kier molecular flexibility index (Phi) is 7.35. The van der Waals surface area contributed by atoms with Gasteiger partial charge in [-0.2, -0.15) is 0 Å². The van der Waals surface area contributed by atoms with Gasteiger partial charge < -0.3 is 15.8 Å². The summed E-state index contributed by atoms with van der Waals surface area (Å²) < 4.78 is 5.89. The van der Waals surface area contributed by atoms with Crippen LogP contribution >= 0.6 is 0 Å². The first-order valence-electron chi connectivity index (χ1n) is 11.2. The molecule has 6 heteroatoms. The fourth-order valence-corrected chi connectivity index (χ4v) is 3.94. The molecule has 1 fully saturated rings. The summed E-state index contributed by atoms with van der Waals surface area (Å²) in [5, 5.41) is 3.33. The second kappa shape index (κ2) is 10.8. The molecule has 0 aliphatic carbocycles. The molecule has 3 N–H and O–H groups in total. The summed E-state index contributed by atoms with van der Waals surface area (Å²) in [7, 11) is 0. The van der Waals surface area contributed by atoms with Gasteiger partial charge in [0.15, 0.2) is 0 Å². The second-order valence-electron chi connectivity index (χ2n) is 8.14. The van der Waals surface area contributed by atoms with Crippen molar-refractivity contribution in [2.45, 2.75) is 25.8 Å². The third-order valence-electron chi connectivity index (χ3n) is 5.74. The van der Waals surface area contributed by atoms with Crippen molar-refractivity contribution >= 4 is 11.6 Å². The number of ether oxygens (including phenoxy) is 1. The number of aromatic nitrogens is 1. The van der Waals surface area contributed by atoms with Gasteiger partial charge >= 0.3 is 0 Å². The maximum absolute atomic E-state index is 11.8. The van der Waals surface area contributed by atoms with E-state index in [1.807, 2.05) is 48.5 Å². The largest absolute Gasteiger partial charge is 0.492 e. The molecule has 32 heavy (non-hydrogen) atoms. The number of rotatable bonds is 10. The number of benzene rings is 2. The number of carbonyl (C=O) groups excluding carboxylic acids is 1. The standard InChI is InChI=1S/C26H30N4O2/c27-26(31)24-19-28-22(17-25(24)29-18-21-6-2-1-3-7-21)16-20-8-10-23(11-9-20)32-15-14-30-12-4-5-13-30/h1-3,6-11,17,19H,4-5,12-16,18H2,(H2,27,31)(H,28,29). The summed E-state index contributed by atoms with van der Waals surface area (Å²) >= 11 is 0. The Balaban J connectivity index is 1.36. The van der Waals surface area contributed by atoms with Gasteiger partial charge in [-0.25, -0.2) is 0 Å². The van der Waals surface area contributed by atoms with Crippen molar-refractivity contribution in [2.24, 2.45) is 5.73 Å². The van der Waals surface area contributed by atoms with Gasteiger partial charge in [-0.1, -0.05) is 42.5 Å². The van der Waals surface area contributed by atoms with Crippen molar-refractivity contribution in [3.8, 4) is 5.75 Å².